The van der Waals surface area contributed by atoms with E-state index in [1.165, 1.54) is 0 Å². The lowest BCUT2D eigenvalue weighted by Gasteiger charge is -2.41. The average Bonchev–Trinajstić information content (AvgIpc) is 2.49. The number of fused-ring (bicyclic) bond motifs is 1. The number of ether oxygens (including phenoxy) is 2. The highest BCUT2D eigenvalue weighted by Crippen LogP contribution is 3.02. The maximum atomic E-state index is 13.1. The first-order chi connectivity index (χ1) is 11.9. The van der Waals surface area contributed by atoms with E-state index in [4.69, 9.17) is 0 Å². The van der Waals surface area contributed by atoms with Crippen LogP contribution in [-0.4, -0.2) is 24.5 Å². The number of carbonyl (C=O) groups excluding carboxylic acids is 1. The molecule has 2 unspecified atom stereocenters. The molecule has 1 aliphatic rings. The van der Waals surface area contributed by atoms with Gasteiger partial charge in [-0.2, -0.15) is 13.2 Å². The van der Waals surface area contributed by atoms with E-state index in [2.05, 4.69) is 20.2 Å². The highest BCUT2D eigenvalue weighted by atomic mass is 32.5. The zero-order valence-electron chi connectivity index (χ0n) is 13.1. The minimum atomic E-state index is -10.1. The molecule has 0 bridgehead atoms. The van der Waals surface area contributed by atoms with Crippen molar-refractivity contribution in [2.45, 2.75) is 30.4 Å². The molecule has 154 valence electrons. The second-order valence-electron chi connectivity index (χ2n) is 5.42. The van der Waals surface area contributed by atoms with Gasteiger partial charge in [0.1, 0.15) is 10.6 Å². The fourth-order valence-electron chi connectivity index (χ4n) is 2.08. The van der Waals surface area contributed by atoms with Crippen LogP contribution in [0.4, 0.5) is 32.6 Å². The number of rotatable bonds is 4. The Morgan fingerprint density at radius 1 is 1.22 bits per heavy atom. The molecule has 14 heteroatoms. The number of carbonyl (C=O) groups is 1. The van der Waals surface area contributed by atoms with Crippen molar-refractivity contribution < 1.29 is 51.7 Å². The summed E-state index contributed by atoms with van der Waals surface area (Å²) in [5.74, 6) is 2.25. The molecule has 0 aliphatic carbocycles. The van der Waals surface area contributed by atoms with Gasteiger partial charge >= 0.3 is 22.4 Å². The molecule has 0 spiro atoms. The topological polar surface area (TPSA) is 70.8 Å². The molecule has 5 nitrogen and oxygen atoms in total. The van der Waals surface area contributed by atoms with Crippen LogP contribution in [0.5, 0.6) is 5.75 Å². The van der Waals surface area contributed by atoms with Gasteiger partial charge in [0.15, 0.2) is 0 Å². The first-order valence-electron chi connectivity index (χ1n) is 6.82. The van der Waals surface area contributed by atoms with Gasteiger partial charge in [-0.15, -0.1) is 0 Å². The number of hydrogen-bond acceptors (Lipinski definition) is 5. The van der Waals surface area contributed by atoms with Gasteiger partial charge in [-0.05, 0) is 31.2 Å². The van der Waals surface area contributed by atoms with Crippen molar-refractivity contribution in [2.24, 2.45) is 5.90 Å². The molecule has 1 aromatic carbocycles. The molecule has 0 aromatic heterocycles. The summed E-state index contributed by atoms with van der Waals surface area (Å²) in [6.07, 6.45) is -9.22. The SMILES string of the molecule is CC(ON)OC(=O)C1=Cc2cc(S(F)(F)(F)(F)F)ccc2OC1C(F)(F)F. The van der Waals surface area contributed by atoms with Crippen molar-refractivity contribution in [3.63, 3.8) is 0 Å². The summed E-state index contributed by atoms with van der Waals surface area (Å²) in [4.78, 5) is 13.6. The third kappa shape index (κ3) is 4.81. The maximum Gasteiger partial charge on any atom is 0.430 e. The minimum Gasteiger partial charge on any atom is -0.475 e. The van der Waals surface area contributed by atoms with Gasteiger partial charge in [0.25, 0.3) is 0 Å². The largest absolute Gasteiger partial charge is 0.475 e. The van der Waals surface area contributed by atoms with Crippen LogP contribution in [-0.2, 0) is 14.4 Å². The van der Waals surface area contributed by atoms with Crippen molar-refractivity contribution in [2.75, 3.05) is 0 Å². The number of halogens is 8. The van der Waals surface area contributed by atoms with Crippen molar-refractivity contribution in [3.05, 3.63) is 29.3 Å². The Morgan fingerprint density at radius 3 is 2.30 bits per heavy atom. The lowest BCUT2D eigenvalue weighted by molar-refractivity contribution is -0.194. The van der Waals surface area contributed by atoms with Crippen molar-refractivity contribution >= 4 is 22.3 Å². The molecule has 0 fully saturated rings. The summed E-state index contributed by atoms with van der Waals surface area (Å²) < 4.78 is 113. The van der Waals surface area contributed by atoms with Gasteiger partial charge in [-0.25, -0.2) is 10.7 Å². The molecule has 0 saturated heterocycles. The first-order valence-corrected chi connectivity index (χ1v) is 8.77. The number of benzene rings is 1. The number of esters is 1. The molecule has 0 amide bonds. The Labute approximate surface area is 146 Å². The molecule has 1 aromatic rings. The van der Waals surface area contributed by atoms with Crippen LogP contribution in [0.15, 0.2) is 28.7 Å². The summed E-state index contributed by atoms with van der Waals surface area (Å²) >= 11 is 0. The lowest BCUT2D eigenvalue weighted by Crippen LogP contribution is -2.41. The molecule has 27 heavy (non-hydrogen) atoms. The zero-order chi connectivity index (χ0) is 20.9. The van der Waals surface area contributed by atoms with Crippen LogP contribution in [0.1, 0.15) is 12.5 Å². The van der Waals surface area contributed by atoms with E-state index >= 15 is 0 Å². The van der Waals surface area contributed by atoms with Crippen LogP contribution in [0.2, 0.25) is 0 Å². The molecule has 0 saturated carbocycles. The number of hydrogen-bond donors (Lipinski definition) is 1. The predicted molar refractivity (Wildman–Crippen MR) is 77.1 cm³/mol. The Morgan fingerprint density at radius 2 is 1.81 bits per heavy atom. The normalized spacial score (nSPS) is 21.1. The third-order valence-corrected chi connectivity index (χ3v) is 4.41. The van der Waals surface area contributed by atoms with E-state index in [1.807, 2.05) is 0 Å². The molecule has 2 atom stereocenters. The molecule has 1 heterocycles. The lowest BCUT2D eigenvalue weighted by atomic mass is 10.0. The minimum absolute atomic E-state index is 0.102. The van der Waals surface area contributed by atoms with Gasteiger partial charge in [-0.1, -0.05) is 19.4 Å². The van der Waals surface area contributed by atoms with E-state index < -0.39 is 56.5 Å². The van der Waals surface area contributed by atoms with E-state index in [-0.39, 0.29) is 12.1 Å². The Kier molecular flexibility index (Phi) is 4.50. The summed E-state index contributed by atoms with van der Waals surface area (Å²) in [5, 5.41) is 0. The van der Waals surface area contributed by atoms with Crippen LogP contribution < -0.4 is 10.6 Å². The third-order valence-electron chi connectivity index (χ3n) is 3.26. The number of alkyl halides is 3. The van der Waals surface area contributed by atoms with Gasteiger partial charge in [-0.3, -0.25) is 4.84 Å². The molecular weight excluding hydrogens is 418 g/mol. The van der Waals surface area contributed by atoms with Gasteiger partial charge < -0.3 is 9.47 Å². The van der Waals surface area contributed by atoms with Gasteiger partial charge in [0.2, 0.25) is 12.4 Å². The summed E-state index contributed by atoms with van der Waals surface area (Å²) in [7, 11) is -10.1. The summed E-state index contributed by atoms with van der Waals surface area (Å²) in [6, 6.07) is 0.0977. The van der Waals surface area contributed by atoms with Crippen LogP contribution >= 0.6 is 10.2 Å². The van der Waals surface area contributed by atoms with Crippen molar-refractivity contribution in [1.29, 1.82) is 0 Å². The maximum absolute atomic E-state index is 13.1. The quantitative estimate of drug-likeness (QED) is 0.321. The first kappa shape index (κ1) is 21.2. The smallest absolute Gasteiger partial charge is 0.430 e. The Balaban J connectivity index is 2.58. The molecular formula is C13H11F8NO4S. The van der Waals surface area contributed by atoms with E-state index in [0.717, 1.165) is 6.92 Å². The van der Waals surface area contributed by atoms with Crippen LogP contribution in [0, 0.1) is 0 Å². The molecule has 0 radical (unpaired) electrons. The van der Waals surface area contributed by atoms with Crippen molar-refractivity contribution in [3.8, 4) is 5.75 Å². The van der Waals surface area contributed by atoms with Crippen LogP contribution in [0.3, 0.4) is 0 Å². The second kappa shape index (κ2) is 5.72. The van der Waals surface area contributed by atoms with E-state index in [9.17, 15) is 37.4 Å². The monoisotopic (exact) mass is 429 g/mol. The summed E-state index contributed by atoms with van der Waals surface area (Å²) in [6.45, 7) is 1.05. The Hall–Kier alpha value is -2.06. The van der Waals surface area contributed by atoms with Crippen molar-refractivity contribution in [1.82, 2.24) is 0 Å². The predicted octanol–water partition coefficient (Wildman–Crippen LogP) is 4.83. The summed E-state index contributed by atoms with van der Waals surface area (Å²) in [5.41, 5.74) is -2.08. The van der Waals surface area contributed by atoms with E-state index in [1.54, 1.807) is 0 Å². The molecule has 1 aliphatic heterocycles. The van der Waals surface area contributed by atoms with Gasteiger partial charge in [0.05, 0.1) is 5.57 Å². The standard InChI is InChI=1S/C13H11F8NO4S/c1-6(26-22)24-12(23)9-5-7-4-8(27(17,18,19,20)21)2-3-10(7)25-11(9)13(14,15)16/h2-6,11H,22H2,1H3. The number of nitrogens with two attached hydrogens (primary N) is 1. The van der Waals surface area contributed by atoms with E-state index in [0.29, 0.717) is 12.1 Å². The second-order valence-corrected chi connectivity index (χ2v) is 7.83. The highest BCUT2D eigenvalue weighted by molar-refractivity contribution is 8.45. The zero-order valence-corrected chi connectivity index (χ0v) is 13.9. The highest BCUT2D eigenvalue weighted by Gasteiger charge is 2.65. The van der Waals surface area contributed by atoms with Gasteiger partial charge in [0, 0.05) is 5.56 Å². The Bertz CT molecular complexity index is 805. The fraction of sp³-hybridized carbons (Fsp3) is 0.308. The average molecular weight is 429 g/mol. The van der Waals surface area contributed by atoms with Crippen LogP contribution in [0.25, 0.3) is 6.08 Å². The fourth-order valence-corrected chi connectivity index (χ4v) is 2.75. The molecule has 2 N–H and O–H groups in total. The molecule has 2 rings (SSSR count).